The molecule has 0 heterocycles. The predicted octanol–water partition coefficient (Wildman–Crippen LogP) is 2.38. The van der Waals surface area contributed by atoms with Crippen LogP contribution >= 0.6 is 0 Å². The Morgan fingerprint density at radius 1 is 1.25 bits per heavy atom. The first-order valence-corrected chi connectivity index (χ1v) is 5.64. The van der Waals surface area contributed by atoms with Crippen molar-refractivity contribution in [2.75, 3.05) is 27.4 Å². The normalized spacial score (nSPS) is 12.4. The molecule has 0 bridgehead atoms. The molecule has 0 aliphatic carbocycles. The van der Waals surface area contributed by atoms with Crippen LogP contribution in [0.3, 0.4) is 0 Å². The average Bonchev–Trinajstić information content (AvgIpc) is 2.34. The van der Waals surface area contributed by atoms with Crippen molar-refractivity contribution in [3.05, 3.63) is 29.8 Å². The smallest absolute Gasteiger partial charge is 0.123 e. The predicted molar refractivity (Wildman–Crippen MR) is 65.9 cm³/mol. The van der Waals surface area contributed by atoms with Crippen molar-refractivity contribution >= 4 is 0 Å². The van der Waals surface area contributed by atoms with E-state index in [0.717, 1.165) is 25.3 Å². The van der Waals surface area contributed by atoms with Crippen molar-refractivity contribution in [2.45, 2.75) is 19.4 Å². The Balaban J connectivity index is 2.48. The van der Waals surface area contributed by atoms with Gasteiger partial charge in [-0.3, -0.25) is 0 Å². The highest BCUT2D eigenvalue weighted by molar-refractivity contribution is 5.35. The second kappa shape index (κ2) is 7.25. The maximum absolute atomic E-state index is 5.33. The van der Waals surface area contributed by atoms with Crippen LogP contribution in [0, 0.1) is 0 Å². The molecule has 1 rings (SSSR count). The molecule has 1 N–H and O–H groups in total. The summed E-state index contributed by atoms with van der Waals surface area (Å²) in [6.45, 7) is 3.89. The molecule has 1 aromatic rings. The molecule has 1 unspecified atom stereocenters. The zero-order valence-corrected chi connectivity index (χ0v) is 10.3. The van der Waals surface area contributed by atoms with Gasteiger partial charge in [-0.15, -0.1) is 0 Å². The topological polar surface area (TPSA) is 30.5 Å². The Kier molecular flexibility index (Phi) is 5.90. The zero-order valence-electron chi connectivity index (χ0n) is 10.3. The molecule has 0 spiro atoms. The summed E-state index contributed by atoms with van der Waals surface area (Å²) in [4.78, 5) is 0. The van der Waals surface area contributed by atoms with Crippen molar-refractivity contribution in [3.63, 3.8) is 0 Å². The Hall–Kier alpha value is -1.06. The Morgan fingerprint density at radius 3 is 2.69 bits per heavy atom. The zero-order chi connectivity index (χ0) is 11.8. The first-order chi connectivity index (χ1) is 7.79. The van der Waals surface area contributed by atoms with E-state index in [0.29, 0.717) is 6.04 Å². The average molecular weight is 223 g/mol. The third-order valence-electron chi connectivity index (χ3n) is 2.58. The van der Waals surface area contributed by atoms with Crippen LogP contribution in [0.25, 0.3) is 0 Å². The summed E-state index contributed by atoms with van der Waals surface area (Å²) in [5.41, 5.74) is 1.20. The summed E-state index contributed by atoms with van der Waals surface area (Å²) in [5.74, 6) is 0.939. The van der Waals surface area contributed by atoms with E-state index in [9.17, 15) is 0 Å². The fraction of sp³-hybridized carbons (Fsp3) is 0.538. The van der Waals surface area contributed by atoms with Crippen LogP contribution < -0.4 is 10.1 Å². The highest BCUT2D eigenvalue weighted by Crippen LogP contribution is 2.23. The lowest BCUT2D eigenvalue weighted by Gasteiger charge is -2.17. The molecule has 0 aliphatic heterocycles. The molecule has 1 aromatic carbocycles. The van der Waals surface area contributed by atoms with Crippen molar-refractivity contribution in [1.82, 2.24) is 5.32 Å². The monoisotopic (exact) mass is 223 g/mol. The van der Waals surface area contributed by atoms with Crippen LogP contribution in [-0.4, -0.2) is 27.4 Å². The molecule has 0 fully saturated rings. The summed E-state index contributed by atoms with van der Waals surface area (Å²) in [7, 11) is 3.43. The summed E-state index contributed by atoms with van der Waals surface area (Å²) in [6.07, 6.45) is 1.02. The Morgan fingerprint density at radius 2 is 2.00 bits per heavy atom. The molecule has 0 aliphatic rings. The van der Waals surface area contributed by atoms with Crippen LogP contribution in [0.15, 0.2) is 24.3 Å². The second-order valence-electron chi connectivity index (χ2n) is 3.76. The Bertz CT molecular complexity index is 302. The summed E-state index contributed by atoms with van der Waals surface area (Å²) in [6, 6.07) is 8.40. The number of nitrogens with one attached hydrogen (secondary N) is 1. The maximum Gasteiger partial charge on any atom is 0.123 e. The molecular weight excluding hydrogens is 202 g/mol. The number of hydrogen-bond donors (Lipinski definition) is 1. The highest BCUT2D eigenvalue weighted by Gasteiger charge is 2.09. The van der Waals surface area contributed by atoms with Crippen molar-refractivity contribution in [3.8, 4) is 5.75 Å². The lowest BCUT2D eigenvalue weighted by atomic mass is 10.1. The van der Waals surface area contributed by atoms with E-state index in [-0.39, 0.29) is 0 Å². The van der Waals surface area contributed by atoms with E-state index in [1.807, 2.05) is 18.2 Å². The molecule has 16 heavy (non-hydrogen) atoms. The first-order valence-electron chi connectivity index (χ1n) is 5.64. The van der Waals surface area contributed by atoms with Gasteiger partial charge in [0.15, 0.2) is 0 Å². The molecule has 3 heteroatoms. The van der Waals surface area contributed by atoms with Gasteiger partial charge in [-0.1, -0.05) is 18.2 Å². The van der Waals surface area contributed by atoms with E-state index in [4.69, 9.17) is 9.47 Å². The van der Waals surface area contributed by atoms with Gasteiger partial charge in [0.25, 0.3) is 0 Å². The van der Waals surface area contributed by atoms with Gasteiger partial charge in [0, 0.05) is 25.3 Å². The van der Waals surface area contributed by atoms with Crippen molar-refractivity contribution in [2.24, 2.45) is 0 Å². The fourth-order valence-electron chi connectivity index (χ4n) is 1.67. The second-order valence-corrected chi connectivity index (χ2v) is 3.76. The SMILES string of the molecule is COCCCNC(C)c1ccccc1OC. The molecular formula is C13H21NO2. The molecule has 0 amide bonds. The minimum Gasteiger partial charge on any atom is -0.496 e. The molecule has 0 radical (unpaired) electrons. The van der Waals surface area contributed by atoms with E-state index in [2.05, 4.69) is 18.3 Å². The van der Waals surface area contributed by atoms with Crippen LogP contribution in [0.4, 0.5) is 0 Å². The number of ether oxygens (including phenoxy) is 2. The standard InChI is InChI=1S/C13H21NO2/c1-11(14-9-6-10-15-2)12-7-4-5-8-13(12)16-3/h4-5,7-8,11,14H,6,9-10H2,1-3H3. The summed E-state index contributed by atoms with van der Waals surface area (Å²) >= 11 is 0. The first kappa shape index (κ1) is 13.0. The molecule has 3 nitrogen and oxygen atoms in total. The molecule has 0 aromatic heterocycles. The lowest BCUT2D eigenvalue weighted by molar-refractivity contribution is 0.193. The van der Waals surface area contributed by atoms with Gasteiger partial charge in [0.1, 0.15) is 5.75 Å². The molecule has 90 valence electrons. The summed E-state index contributed by atoms with van der Waals surface area (Å²) in [5, 5.41) is 3.45. The fourth-order valence-corrected chi connectivity index (χ4v) is 1.67. The minimum absolute atomic E-state index is 0.299. The largest absolute Gasteiger partial charge is 0.496 e. The van der Waals surface area contributed by atoms with Gasteiger partial charge in [-0.05, 0) is 26.0 Å². The number of benzene rings is 1. The van der Waals surface area contributed by atoms with Crippen LogP contribution in [-0.2, 0) is 4.74 Å². The summed E-state index contributed by atoms with van der Waals surface area (Å²) < 4.78 is 10.3. The van der Waals surface area contributed by atoms with Crippen LogP contribution in [0.2, 0.25) is 0 Å². The van der Waals surface area contributed by atoms with E-state index in [1.165, 1.54) is 5.56 Å². The molecule has 1 atom stereocenters. The van der Waals surface area contributed by atoms with Crippen molar-refractivity contribution < 1.29 is 9.47 Å². The van der Waals surface area contributed by atoms with Gasteiger partial charge >= 0.3 is 0 Å². The van der Waals surface area contributed by atoms with E-state index in [1.54, 1.807) is 14.2 Å². The van der Waals surface area contributed by atoms with Gasteiger partial charge in [-0.2, -0.15) is 0 Å². The van der Waals surface area contributed by atoms with Gasteiger partial charge < -0.3 is 14.8 Å². The van der Waals surface area contributed by atoms with Gasteiger partial charge in [-0.25, -0.2) is 0 Å². The van der Waals surface area contributed by atoms with Crippen LogP contribution in [0.1, 0.15) is 24.9 Å². The lowest BCUT2D eigenvalue weighted by Crippen LogP contribution is -2.21. The van der Waals surface area contributed by atoms with Gasteiger partial charge in [0.2, 0.25) is 0 Å². The molecule has 0 saturated heterocycles. The third kappa shape index (κ3) is 3.83. The number of methoxy groups -OCH3 is 2. The van der Waals surface area contributed by atoms with Gasteiger partial charge in [0.05, 0.1) is 7.11 Å². The van der Waals surface area contributed by atoms with E-state index >= 15 is 0 Å². The third-order valence-corrected chi connectivity index (χ3v) is 2.58. The number of hydrogen-bond acceptors (Lipinski definition) is 3. The quantitative estimate of drug-likeness (QED) is 0.720. The number of para-hydroxylation sites is 1. The highest BCUT2D eigenvalue weighted by atomic mass is 16.5. The van der Waals surface area contributed by atoms with Crippen molar-refractivity contribution in [1.29, 1.82) is 0 Å². The maximum atomic E-state index is 5.33. The number of rotatable bonds is 7. The minimum atomic E-state index is 0.299. The Labute approximate surface area is 97.8 Å². The van der Waals surface area contributed by atoms with E-state index < -0.39 is 0 Å². The molecule has 0 saturated carbocycles. The van der Waals surface area contributed by atoms with Crippen LogP contribution in [0.5, 0.6) is 5.75 Å².